The number of hydrogen-bond acceptors (Lipinski definition) is 2. The van der Waals surface area contributed by atoms with Crippen LogP contribution in [0, 0.1) is 19.8 Å². The second kappa shape index (κ2) is 5.57. The number of benzene rings is 1. The van der Waals surface area contributed by atoms with Crippen LogP contribution < -0.4 is 10.6 Å². The lowest BCUT2D eigenvalue weighted by molar-refractivity contribution is -0.117. The first-order valence-electron chi connectivity index (χ1n) is 7.78. The van der Waals surface area contributed by atoms with E-state index in [1.807, 2.05) is 12.1 Å². The first kappa shape index (κ1) is 13.6. The quantitative estimate of drug-likeness (QED) is 0.868. The first-order valence-corrected chi connectivity index (χ1v) is 7.78. The van der Waals surface area contributed by atoms with Gasteiger partial charge < -0.3 is 10.6 Å². The number of fused-ring (bicyclic) bond motifs is 1. The summed E-state index contributed by atoms with van der Waals surface area (Å²) in [5, 5.41) is 6.64. The van der Waals surface area contributed by atoms with Crippen LogP contribution in [0.5, 0.6) is 0 Å². The highest BCUT2D eigenvalue weighted by atomic mass is 16.2. The van der Waals surface area contributed by atoms with Crippen molar-refractivity contribution in [2.75, 3.05) is 5.32 Å². The molecular weight excluding hydrogens is 248 g/mol. The summed E-state index contributed by atoms with van der Waals surface area (Å²) in [4.78, 5) is 12.4. The van der Waals surface area contributed by atoms with E-state index >= 15 is 0 Å². The zero-order valence-corrected chi connectivity index (χ0v) is 12.4. The van der Waals surface area contributed by atoms with Gasteiger partial charge in [0.1, 0.15) is 0 Å². The first-order chi connectivity index (χ1) is 9.65. The van der Waals surface area contributed by atoms with Gasteiger partial charge in [-0.15, -0.1) is 0 Å². The maximum atomic E-state index is 12.4. The molecule has 108 valence electrons. The predicted molar refractivity (Wildman–Crippen MR) is 81.8 cm³/mol. The molecule has 1 aromatic carbocycles. The molecule has 0 bridgehead atoms. The third kappa shape index (κ3) is 2.59. The number of carbonyl (C=O) groups is 1. The van der Waals surface area contributed by atoms with Crippen molar-refractivity contribution in [1.82, 2.24) is 5.32 Å². The maximum Gasteiger partial charge on any atom is 0.241 e. The Kier molecular flexibility index (Phi) is 3.79. The van der Waals surface area contributed by atoms with E-state index in [1.54, 1.807) is 0 Å². The summed E-state index contributed by atoms with van der Waals surface area (Å²) in [7, 11) is 0. The van der Waals surface area contributed by atoms with Gasteiger partial charge in [0.25, 0.3) is 0 Å². The maximum absolute atomic E-state index is 12.4. The number of amides is 1. The van der Waals surface area contributed by atoms with E-state index in [4.69, 9.17) is 0 Å². The fourth-order valence-electron chi connectivity index (χ4n) is 3.63. The Labute approximate surface area is 121 Å². The highest BCUT2D eigenvalue weighted by molar-refractivity contribution is 5.95. The van der Waals surface area contributed by atoms with Crippen LogP contribution in [0.25, 0.3) is 0 Å². The van der Waals surface area contributed by atoms with Gasteiger partial charge >= 0.3 is 0 Å². The molecule has 2 N–H and O–H groups in total. The molecule has 1 aromatic rings. The second-order valence-electron chi connectivity index (χ2n) is 6.34. The van der Waals surface area contributed by atoms with E-state index in [2.05, 4.69) is 30.5 Å². The average Bonchev–Trinajstić information content (AvgIpc) is 2.88. The summed E-state index contributed by atoms with van der Waals surface area (Å²) in [5.74, 6) is 0.839. The van der Waals surface area contributed by atoms with Crippen LogP contribution in [0.2, 0.25) is 0 Å². The molecule has 3 heteroatoms. The summed E-state index contributed by atoms with van der Waals surface area (Å²) >= 11 is 0. The molecule has 0 radical (unpaired) electrons. The minimum atomic E-state index is -0.0111. The normalized spacial score (nSPS) is 29.0. The Bertz CT molecular complexity index is 498. The van der Waals surface area contributed by atoms with Crippen molar-refractivity contribution in [3.8, 4) is 0 Å². The van der Waals surface area contributed by atoms with Crippen molar-refractivity contribution < 1.29 is 4.79 Å². The van der Waals surface area contributed by atoms with Crippen molar-refractivity contribution in [2.24, 2.45) is 5.92 Å². The average molecular weight is 272 g/mol. The molecular formula is C17H24N2O. The van der Waals surface area contributed by atoms with Crippen LogP contribution in [-0.4, -0.2) is 18.0 Å². The number of aryl methyl sites for hydroxylation is 1. The Morgan fingerprint density at radius 3 is 2.85 bits per heavy atom. The zero-order valence-electron chi connectivity index (χ0n) is 12.4. The Balaban J connectivity index is 1.66. The fourth-order valence-corrected chi connectivity index (χ4v) is 3.63. The van der Waals surface area contributed by atoms with Gasteiger partial charge in [-0.25, -0.2) is 0 Å². The molecule has 1 aliphatic heterocycles. The van der Waals surface area contributed by atoms with Crippen molar-refractivity contribution in [1.29, 1.82) is 0 Å². The van der Waals surface area contributed by atoms with Crippen molar-refractivity contribution in [2.45, 2.75) is 58.0 Å². The van der Waals surface area contributed by atoms with Gasteiger partial charge in [-0.1, -0.05) is 25.0 Å². The lowest BCUT2D eigenvalue weighted by atomic mass is 9.85. The standard InChI is InChI=1S/C17H24N2O/c1-11-6-5-9-14(12(11)2)19-17(20)16-10-13-7-3-4-8-15(13)18-16/h5-6,9,13,15-16,18H,3-4,7-8,10H2,1-2H3,(H,19,20). The molecule has 1 aliphatic carbocycles. The predicted octanol–water partition coefficient (Wildman–Crippen LogP) is 3.16. The summed E-state index contributed by atoms with van der Waals surface area (Å²) in [6, 6.07) is 6.62. The Morgan fingerprint density at radius 2 is 2.05 bits per heavy atom. The van der Waals surface area contributed by atoms with Crippen LogP contribution in [0.15, 0.2) is 18.2 Å². The molecule has 2 fully saturated rings. The van der Waals surface area contributed by atoms with E-state index in [0.29, 0.717) is 12.0 Å². The molecule has 3 rings (SSSR count). The number of carbonyl (C=O) groups excluding carboxylic acids is 1. The zero-order chi connectivity index (χ0) is 14.1. The molecule has 1 amide bonds. The number of nitrogens with one attached hydrogen (secondary N) is 2. The summed E-state index contributed by atoms with van der Waals surface area (Å²) < 4.78 is 0. The van der Waals surface area contributed by atoms with E-state index in [9.17, 15) is 4.79 Å². The topological polar surface area (TPSA) is 41.1 Å². The van der Waals surface area contributed by atoms with Crippen molar-refractivity contribution in [3.05, 3.63) is 29.3 Å². The molecule has 3 nitrogen and oxygen atoms in total. The third-order valence-electron chi connectivity index (χ3n) is 5.04. The van der Waals surface area contributed by atoms with Gasteiger partial charge in [0.05, 0.1) is 6.04 Å². The van der Waals surface area contributed by atoms with Gasteiger partial charge in [0, 0.05) is 11.7 Å². The fraction of sp³-hybridized carbons (Fsp3) is 0.588. The van der Waals surface area contributed by atoms with Crippen LogP contribution in [-0.2, 0) is 4.79 Å². The lowest BCUT2D eigenvalue weighted by Crippen LogP contribution is -2.40. The molecule has 1 saturated heterocycles. The molecule has 1 saturated carbocycles. The summed E-state index contributed by atoms with van der Waals surface area (Å²) in [6.45, 7) is 4.14. The molecule has 20 heavy (non-hydrogen) atoms. The molecule has 3 atom stereocenters. The second-order valence-corrected chi connectivity index (χ2v) is 6.34. The van der Waals surface area contributed by atoms with Gasteiger partial charge in [0.15, 0.2) is 0 Å². The SMILES string of the molecule is Cc1cccc(NC(=O)C2CC3CCCCC3N2)c1C. The van der Waals surface area contributed by atoms with Gasteiger partial charge in [-0.05, 0) is 56.2 Å². The smallest absolute Gasteiger partial charge is 0.241 e. The van der Waals surface area contributed by atoms with E-state index in [1.165, 1.54) is 31.2 Å². The Hall–Kier alpha value is -1.35. The lowest BCUT2D eigenvalue weighted by Gasteiger charge is -2.24. The summed E-state index contributed by atoms with van der Waals surface area (Å²) in [5.41, 5.74) is 3.33. The number of hydrogen-bond donors (Lipinski definition) is 2. The summed E-state index contributed by atoms with van der Waals surface area (Å²) in [6.07, 6.45) is 6.15. The van der Waals surface area contributed by atoms with Gasteiger partial charge in [-0.2, -0.15) is 0 Å². The third-order valence-corrected chi connectivity index (χ3v) is 5.04. The molecule has 1 heterocycles. The van der Waals surface area contributed by atoms with Crippen LogP contribution in [0.4, 0.5) is 5.69 Å². The van der Waals surface area contributed by atoms with Crippen LogP contribution in [0.1, 0.15) is 43.2 Å². The van der Waals surface area contributed by atoms with Crippen LogP contribution in [0.3, 0.4) is 0 Å². The minimum absolute atomic E-state index is 0.0111. The monoisotopic (exact) mass is 272 g/mol. The van der Waals surface area contributed by atoms with Gasteiger partial charge in [-0.3, -0.25) is 4.79 Å². The van der Waals surface area contributed by atoms with Crippen molar-refractivity contribution in [3.63, 3.8) is 0 Å². The van der Waals surface area contributed by atoms with Crippen molar-refractivity contribution >= 4 is 11.6 Å². The highest BCUT2D eigenvalue weighted by Gasteiger charge is 2.38. The highest BCUT2D eigenvalue weighted by Crippen LogP contribution is 2.33. The molecule has 3 unspecified atom stereocenters. The number of rotatable bonds is 2. The van der Waals surface area contributed by atoms with E-state index in [0.717, 1.165) is 17.7 Å². The Morgan fingerprint density at radius 1 is 1.25 bits per heavy atom. The number of anilines is 1. The molecule has 0 spiro atoms. The van der Waals surface area contributed by atoms with Crippen LogP contribution >= 0.6 is 0 Å². The largest absolute Gasteiger partial charge is 0.324 e. The van der Waals surface area contributed by atoms with E-state index < -0.39 is 0 Å². The minimum Gasteiger partial charge on any atom is -0.324 e. The van der Waals surface area contributed by atoms with E-state index in [-0.39, 0.29) is 11.9 Å². The molecule has 0 aromatic heterocycles. The van der Waals surface area contributed by atoms with Gasteiger partial charge in [0.2, 0.25) is 5.91 Å². The molecule has 2 aliphatic rings.